The highest BCUT2D eigenvalue weighted by molar-refractivity contribution is 5.83. The van der Waals surface area contributed by atoms with Gasteiger partial charge < -0.3 is 0 Å². The Balaban J connectivity index is 2.09. The van der Waals surface area contributed by atoms with Crippen LogP contribution in [0.15, 0.2) is 30.3 Å². The molecular formula is C16H20O. The van der Waals surface area contributed by atoms with E-state index >= 15 is 0 Å². The van der Waals surface area contributed by atoms with Crippen molar-refractivity contribution in [2.24, 2.45) is 5.92 Å². The molecule has 0 heterocycles. The molecule has 1 aliphatic carbocycles. The fourth-order valence-electron chi connectivity index (χ4n) is 2.38. The summed E-state index contributed by atoms with van der Waals surface area (Å²) in [5, 5.41) is 0. The maximum Gasteiger partial charge on any atom is 0.139 e. The summed E-state index contributed by atoms with van der Waals surface area (Å²) in [6, 6.07) is 8.30. The molecule has 0 radical (unpaired) electrons. The van der Waals surface area contributed by atoms with Crippen LogP contribution in [-0.4, -0.2) is 5.78 Å². The molecule has 1 nitrogen and oxygen atoms in total. The second-order valence-electron chi connectivity index (χ2n) is 4.89. The average Bonchev–Trinajstić information content (AvgIpc) is 2.53. The van der Waals surface area contributed by atoms with Gasteiger partial charge in [-0.3, -0.25) is 4.79 Å². The fourth-order valence-corrected chi connectivity index (χ4v) is 2.38. The molecule has 1 fully saturated rings. The van der Waals surface area contributed by atoms with E-state index < -0.39 is 0 Å². The number of Topliss-reactive ketones (excluding diaryl/α,β-unsaturated/α-hetero) is 1. The highest BCUT2D eigenvalue weighted by atomic mass is 16.1. The smallest absolute Gasteiger partial charge is 0.139 e. The first-order valence-corrected chi connectivity index (χ1v) is 6.54. The summed E-state index contributed by atoms with van der Waals surface area (Å²) >= 11 is 0. The number of ketones is 1. The van der Waals surface area contributed by atoms with Crippen molar-refractivity contribution in [2.75, 3.05) is 0 Å². The number of carbonyl (C=O) groups is 1. The van der Waals surface area contributed by atoms with Gasteiger partial charge in [-0.1, -0.05) is 49.3 Å². The van der Waals surface area contributed by atoms with Crippen LogP contribution in [0.1, 0.15) is 43.2 Å². The summed E-state index contributed by atoms with van der Waals surface area (Å²) in [7, 11) is 0. The van der Waals surface area contributed by atoms with Crippen molar-refractivity contribution in [3.05, 3.63) is 41.5 Å². The van der Waals surface area contributed by atoms with Gasteiger partial charge in [-0.2, -0.15) is 0 Å². The molecule has 0 spiro atoms. The first-order valence-electron chi connectivity index (χ1n) is 6.54. The molecule has 0 aromatic heterocycles. The Morgan fingerprint density at radius 1 is 1.18 bits per heavy atom. The summed E-state index contributed by atoms with van der Waals surface area (Å²) in [5.41, 5.74) is 2.49. The Labute approximate surface area is 104 Å². The van der Waals surface area contributed by atoms with Gasteiger partial charge in [-0.25, -0.2) is 0 Å². The molecule has 1 unspecified atom stereocenters. The van der Waals surface area contributed by atoms with Crippen LogP contribution in [0.4, 0.5) is 0 Å². The molecule has 17 heavy (non-hydrogen) atoms. The number of rotatable bonds is 2. The summed E-state index contributed by atoms with van der Waals surface area (Å²) in [6.45, 7) is 2.11. The molecule has 90 valence electrons. The van der Waals surface area contributed by atoms with E-state index in [2.05, 4.69) is 31.2 Å². The van der Waals surface area contributed by atoms with E-state index in [4.69, 9.17) is 0 Å². The maximum atomic E-state index is 11.9. The molecule has 1 heteroatoms. The Morgan fingerprint density at radius 3 is 2.82 bits per heavy atom. The van der Waals surface area contributed by atoms with Crippen molar-refractivity contribution in [1.29, 1.82) is 0 Å². The van der Waals surface area contributed by atoms with Crippen LogP contribution in [0.5, 0.6) is 0 Å². The molecule has 0 amide bonds. The van der Waals surface area contributed by atoms with Crippen molar-refractivity contribution in [3.8, 4) is 0 Å². The first kappa shape index (κ1) is 12.1. The SMILES string of the molecule is Cc1ccccc1/C=C/C1CCCCCC1=O. The minimum atomic E-state index is 0.150. The lowest BCUT2D eigenvalue weighted by Crippen LogP contribution is -2.09. The van der Waals surface area contributed by atoms with E-state index in [0.717, 1.165) is 19.3 Å². The van der Waals surface area contributed by atoms with Crippen LogP contribution < -0.4 is 0 Å². The lowest BCUT2D eigenvalue weighted by atomic mass is 9.97. The zero-order valence-corrected chi connectivity index (χ0v) is 10.5. The van der Waals surface area contributed by atoms with Gasteiger partial charge in [0.25, 0.3) is 0 Å². The molecule has 0 bridgehead atoms. The largest absolute Gasteiger partial charge is 0.299 e. The van der Waals surface area contributed by atoms with E-state index in [0.29, 0.717) is 5.78 Å². The number of carbonyl (C=O) groups excluding carboxylic acids is 1. The molecule has 1 aromatic carbocycles. The maximum absolute atomic E-state index is 11.9. The second-order valence-corrected chi connectivity index (χ2v) is 4.89. The number of aryl methyl sites for hydroxylation is 1. The normalized spacial score (nSPS) is 21.7. The van der Waals surface area contributed by atoms with Crippen LogP contribution in [0, 0.1) is 12.8 Å². The minimum absolute atomic E-state index is 0.150. The first-order chi connectivity index (χ1) is 8.27. The molecule has 1 aromatic rings. The van der Waals surface area contributed by atoms with Gasteiger partial charge in [0.05, 0.1) is 0 Å². The van der Waals surface area contributed by atoms with Crippen molar-refractivity contribution < 1.29 is 4.79 Å². The molecule has 0 N–H and O–H groups in total. The lowest BCUT2D eigenvalue weighted by Gasteiger charge is -2.07. The topological polar surface area (TPSA) is 17.1 Å². The van der Waals surface area contributed by atoms with E-state index in [-0.39, 0.29) is 5.92 Å². The van der Waals surface area contributed by atoms with E-state index in [1.54, 1.807) is 0 Å². The summed E-state index contributed by atoms with van der Waals surface area (Å²) in [4.78, 5) is 11.9. The van der Waals surface area contributed by atoms with Crippen LogP contribution in [0.25, 0.3) is 6.08 Å². The summed E-state index contributed by atoms with van der Waals surface area (Å²) in [6.07, 6.45) is 9.49. The molecule has 0 aliphatic heterocycles. The van der Waals surface area contributed by atoms with Crippen LogP contribution in [0.3, 0.4) is 0 Å². The van der Waals surface area contributed by atoms with Gasteiger partial charge in [0, 0.05) is 12.3 Å². The molecular weight excluding hydrogens is 208 g/mol. The summed E-state index contributed by atoms with van der Waals surface area (Å²) in [5.74, 6) is 0.574. The van der Waals surface area contributed by atoms with Crippen LogP contribution in [-0.2, 0) is 4.79 Å². The van der Waals surface area contributed by atoms with E-state index in [1.165, 1.54) is 24.0 Å². The highest BCUT2D eigenvalue weighted by Crippen LogP contribution is 2.22. The molecule has 2 rings (SSSR count). The molecule has 0 saturated heterocycles. The average molecular weight is 228 g/mol. The number of hydrogen-bond acceptors (Lipinski definition) is 1. The third-order valence-corrected chi connectivity index (χ3v) is 3.55. The van der Waals surface area contributed by atoms with E-state index in [1.807, 2.05) is 12.1 Å². The van der Waals surface area contributed by atoms with Crippen LogP contribution in [0.2, 0.25) is 0 Å². The van der Waals surface area contributed by atoms with Crippen molar-refractivity contribution in [3.63, 3.8) is 0 Å². The third kappa shape index (κ3) is 3.29. The Kier molecular flexibility index (Phi) is 4.13. The Morgan fingerprint density at radius 2 is 2.00 bits per heavy atom. The second kappa shape index (κ2) is 5.81. The predicted molar refractivity (Wildman–Crippen MR) is 71.8 cm³/mol. The minimum Gasteiger partial charge on any atom is -0.299 e. The lowest BCUT2D eigenvalue weighted by molar-refractivity contribution is -0.121. The molecule has 1 atom stereocenters. The Bertz CT molecular complexity index is 417. The van der Waals surface area contributed by atoms with Crippen molar-refractivity contribution in [1.82, 2.24) is 0 Å². The Hall–Kier alpha value is -1.37. The van der Waals surface area contributed by atoms with Gasteiger partial charge in [0.1, 0.15) is 5.78 Å². The van der Waals surface area contributed by atoms with E-state index in [9.17, 15) is 4.79 Å². The number of hydrogen-bond donors (Lipinski definition) is 0. The molecule has 1 aliphatic rings. The highest BCUT2D eigenvalue weighted by Gasteiger charge is 2.17. The van der Waals surface area contributed by atoms with Gasteiger partial charge in [0.15, 0.2) is 0 Å². The molecule has 1 saturated carbocycles. The third-order valence-electron chi connectivity index (χ3n) is 3.55. The quantitative estimate of drug-likeness (QED) is 0.695. The number of allylic oxidation sites excluding steroid dienone is 1. The monoisotopic (exact) mass is 228 g/mol. The van der Waals surface area contributed by atoms with Gasteiger partial charge in [-0.15, -0.1) is 0 Å². The zero-order chi connectivity index (χ0) is 12.1. The van der Waals surface area contributed by atoms with Crippen LogP contribution >= 0.6 is 0 Å². The predicted octanol–water partition coefficient (Wildman–Crippen LogP) is 4.16. The summed E-state index contributed by atoms with van der Waals surface area (Å²) < 4.78 is 0. The van der Waals surface area contributed by atoms with Gasteiger partial charge in [-0.05, 0) is 30.9 Å². The van der Waals surface area contributed by atoms with Crippen molar-refractivity contribution >= 4 is 11.9 Å². The fraction of sp³-hybridized carbons (Fsp3) is 0.438. The number of benzene rings is 1. The van der Waals surface area contributed by atoms with Crippen molar-refractivity contribution in [2.45, 2.75) is 39.0 Å². The zero-order valence-electron chi connectivity index (χ0n) is 10.5. The standard InChI is InChI=1S/C16H20O/c1-13-7-5-6-8-14(13)11-12-15-9-3-2-4-10-16(15)17/h5-8,11-12,15H,2-4,9-10H2,1H3/b12-11+. The van der Waals surface area contributed by atoms with Gasteiger partial charge >= 0.3 is 0 Å². The van der Waals surface area contributed by atoms with Gasteiger partial charge in [0.2, 0.25) is 0 Å².